The number of anilines is 1. The number of benzene rings is 1. The maximum absolute atomic E-state index is 12.1. The Bertz CT molecular complexity index is 711. The highest BCUT2D eigenvalue weighted by atomic mass is 32.2. The fraction of sp³-hybridized carbons (Fsp3) is 0.500. The lowest BCUT2D eigenvalue weighted by molar-refractivity contribution is -0.149. The zero-order valence-corrected chi connectivity index (χ0v) is 15.8. The first-order valence-corrected chi connectivity index (χ1v) is 9.27. The summed E-state index contributed by atoms with van der Waals surface area (Å²) in [5.41, 5.74) is -1.02. The largest absolute Gasteiger partial charge is 0.491 e. The second-order valence-electron chi connectivity index (χ2n) is 6.22. The Morgan fingerprint density at radius 1 is 1.16 bits per heavy atom. The van der Waals surface area contributed by atoms with Crippen molar-refractivity contribution in [3.05, 3.63) is 24.3 Å². The van der Waals surface area contributed by atoms with Gasteiger partial charge < -0.3 is 14.8 Å². The third-order valence-electron chi connectivity index (χ3n) is 2.97. The third kappa shape index (κ3) is 7.00. The fourth-order valence-corrected chi connectivity index (χ4v) is 2.94. The Morgan fingerprint density at radius 2 is 1.72 bits per heavy atom. The van der Waals surface area contributed by atoms with Crippen LogP contribution in [0.3, 0.4) is 0 Å². The summed E-state index contributed by atoms with van der Waals surface area (Å²) in [6, 6.07) is 6.31. The molecule has 0 fully saturated rings. The smallest absolute Gasteiger partial charge is 0.330 e. The molecule has 0 bridgehead atoms. The summed E-state index contributed by atoms with van der Waals surface area (Å²) in [6.45, 7) is 6.60. The van der Waals surface area contributed by atoms with Crippen LogP contribution in [0.2, 0.25) is 0 Å². The number of nitrogens with one attached hydrogen (secondary N) is 2. The van der Waals surface area contributed by atoms with E-state index in [9.17, 15) is 18.0 Å². The van der Waals surface area contributed by atoms with Gasteiger partial charge in [-0.15, -0.1) is 0 Å². The van der Waals surface area contributed by atoms with Gasteiger partial charge in [0.25, 0.3) is 0 Å². The van der Waals surface area contributed by atoms with Gasteiger partial charge >= 0.3 is 5.97 Å². The van der Waals surface area contributed by atoms with E-state index >= 15 is 0 Å². The number of rotatable bonds is 8. The molecule has 0 aliphatic rings. The first kappa shape index (κ1) is 20.8. The lowest BCUT2D eigenvalue weighted by atomic mass is 10.1. The molecule has 2 N–H and O–H groups in total. The van der Waals surface area contributed by atoms with Gasteiger partial charge in [0.1, 0.15) is 17.0 Å². The van der Waals surface area contributed by atoms with Crippen LogP contribution < -0.4 is 14.8 Å². The number of amides is 1. The third-order valence-corrected chi connectivity index (χ3v) is 4.16. The molecule has 0 atom stereocenters. The summed E-state index contributed by atoms with van der Waals surface area (Å²) in [5, 5.41) is 2.33. The highest BCUT2D eigenvalue weighted by molar-refractivity contribution is 7.93. The normalized spacial score (nSPS) is 11.8. The van der Waals surface area contributed by atoms with E-state index in [1.165, 1.54) is 33.1 Å². The predicted molar refractivity (Wildman–Crippen MR) is 93.9 cm³/mol. The lowest BCUT2D eigenvalue weighted by Gasteiger charge is -2.23. The average Bonchev–Trinajstić information content (AvgIpc) is 2.46. The van der Waals surface area contributed by atoms with Crippen molar-refractivity contribution in [1.29, 1.82) is 0 Å². The lowest BCUT2D eigenvalue weighted by Crippen LogP contribution is -2.52. The SMILES string of the molecule is COC(=O)C(C)(C)NC(=O)CS(=O)(=O)Nc1ccc(OC(C)C)cc1. The number of methoxy groups -OCH3 is 1. The van der Waals surface area contributed by atoms with Gasteiger partial charge in [-0.2, -0.15) is 0 Å². The maximum Gasteiger partial charge on any atom is 0.330 e. The molecule has 0 heterocycles. The van der Waals surface area contributed by atoms with Crippen LogP contribution in [0.1, 0.15) is 27.7 Å². The van der Waals surface area contributed by atoms with Gasteiger partial charge in [-0.1, -0.05) is 0 Å². The van der Waals surface area contributed by atoms with E-state index in [-0.39, 0.29) is 6.10 Å². The number of ether oxygens (including phenoxy) is 2. The summed E-state index contributed by atoms with van der Waals surface area (Å²) < 4.78 is 36.5. The van der Waals surface area contributed by atoms with E-state index in [2.05, 4.69) is 14.8 Å². The Labute approximate surface area is 147 Å². The standard InChI is InChI=1S/C16H24N2O6S/c1-11(2)24-13-8-6-12(7-9-13)18-25(21,22)10-14(19)17-16(3,4)15(20)23-5/h6-9,11,18H,10H2,1-5H3,(H,17,19). The van der Waals surface area contributed by atoms with Crippen LogP contribution in [0, 0.1) is 0 Å². The van der Waals surface area contributed by atoms with Crippen LogP contribution in [0.5, 0.6) is 5.75 Å². The van der Waals surface area contributed by atoms with E-state index in [1.54, 1.807) is 12.1 Å². The van der Waals surface area contributed by atoms with Gasteiger partial charge in [-0.05, 0) is 52.0 Å². The van der Waals surface area contributed by atoms with Crippen molar-refractivity contribution in [2.75, 3.05) is 17.6 Å². The molecule has 140 valence electrons. The first-order chi connectivity index (χ1) is 11.4. The first-order valence-electron chi connectivity index (χ1n) is 7.62. The monoisotopic (exact) mass is 372 g/mol. The molecule has 0 spiro atoms. The molecule has 1 rings (SSSR count). The van der Waals surface area contributed by atoms with E-state index in [0.717, 1.165) is 0 Å². The molecule has 0 aliphatic carbocycles. The highest BCUT2D eigenvalue weighted by Gasteiger charge is 2.31. The fourth-order valence-electron chi connectivity index (χ4n) is 1.95. The molecule has 0 aliphatic heterocycles. The molecule has 0 aromatic heterocycles. The molecule has 0 saturated heterocycles. The van der Waals surface area contributed by atoms with Crippen molar-refractivity contribution in [3.63, 3.8) is 0 Å². The molecule has 0 radical (unpaired) electrons. The van der Waals surface area contributed by atoms with E-state index in [4.69, 9.17) is 4.74 Å². The second kappa shape index (κ2) is 8.19. The van der Waals surface area contributed by atoms with Gasteiger partial charge in [-0.3, -0.25) is 9.52 Å². The van der Waals surface area contributed by atoms with Gasteiger partial charge in [0.2, 0.25) is 15.9 Å². The molecule has 0 saturated carbocycles. The van der Waals surface area contributed by atoms with Gasteiger partial charge in [0, 0.05) is 5.69 Å². The highest BCUT2D eigenvalue weighted by Crippen LogP contribution is 2.18. The molecule has 1 aromatic rings. The Hall–Kier alpha value is -2.29. The molecule has 8 nitrogen and oxygen atoms in total. The number of esters is 1. The van der Waals surface area contributed by atoms with Crippen molar-refractivity contribution >= 4 is 27.6 Å². The van der Waals surface area contributed by atoms with Crippen LogP contribution in [-0.2, 0) is 24.3 Å². The van der Waals surface area contributed by atoms with Gasteiger partial charge in [0.05, 0.1) is 13.2 Å². The summed E-state index contributed by atoms with van der Waals surface area (Å²) in [6.07, 6.45) is 0.00408. The molecular weight excluding hydrogens is 348 g/mol. The minimum atomic E-state index is -3.93. The minimum absolute atomic E-state index is 0.00408. The van der Waals surface area contributed by atoms with Crippen molar-refractivity contribution in [1.82, 2.24) is 5.32 Å². The second-order valence-corrected chi connectivity index (χ2v) is 7.94. The minimum Gasteiger partial charge on any atom is -0.491 e. The topological polar surface area (TPSA) is 111 Å². The summed E-state index contributed by atoms with van der Waals surface area (Å²) in [7, 11) is -2.75. The van der Waals surface area contributed by atoms with Crippen molar-refractivity contribution in [3.8, 4) is 5.75 Å². The van der Waals surface area contributed by atoms with Crippen LogP contribution in [-0.4, -0.2) is 44.8 Å². The molecule has 1 aromatic carbocycles. The molecule has 25 heavy (non-hydrogen) atoms. The Kier molecular flexibility index (Phi) is 6.80. The number of carbonyl (C=O) groups is 2. The molecular formula is C16H24N2O6S. The summed E-state index contributed by atoms with van der Waals surface area (Å²) in [5.74, 6) is -1.71. The van der Waals surface area contributed by atoms with Crippen LogP contribution >= 0.6 is 0 Å². The van der Waals surface area contributed by atoms with Crippen molar-refractivity contribution in [2.45, 2.75) is 39.3 Å². The van der Waals surface area contributed by atoms with E-state index in [1.807, 2.05) is 13.8 Å². The summed E-state index contributed by atoms with van der Waals surface area (Å²) >= 11 is 0. The number of hydrogen-bond donors (Lipinski definition) is 2. The maximum atomic E-state index is 12.1. The van der Waals surface area contributed by atoms with Crippen LogP contribution in [0.25, 0.3) is 0 Å². The van der Waals surface area contributed by atoms with Crippen LogP contribution in [0.4, 0.5) is 5.69 Å². The molecule has 9 heteroatoms. The quantitative estimate of drug-likeness (QED) is 0.665. The zero-order valence-electron chi connectivity index (χ0n) is 15.0. The molecule has 1 amide bonds. The Balaban J connectivity index is 2.69. The van der Waals surface area contributed by atoms with Gasteiger partial charge in [0.15, 0.2) is 0 Å². The van der Waals surface area contributed by atoms with Crippen molar-refractivity contribution in [2.24, 2.45) is 0 Å². The van der Waals surface area contributed by atoms with Gasteiger partial charge in [-0.25, -0.2) is 13.2 Å². The number of carbonyl (C=O) groups excluding carboxylic acids is 2. The number of hydrogen-bond acceptors (Lipinski definition) is 6. The Morgan fingerprint density at radius 3 is 2.20 bits per heavy atom. The zero-order chi connectivity index (χ0) is 19.3. The summed E-state index contributed by atoms with van der Waals surface area (Å²) in [4.78, 5) is 23.4. The number of sulfonamides is 1. The average molecular weight is 372 g/mol. The van der Waals surface area contributed by atoms with E-state index in [0.29, 0.717) is 11.4 Å². The van der Waals surface area contributed by atoms with E-state index < -0.39 is 33.2 Å². The van der Waals surface area contributed by atoms with Crippen molar-refractivity contribution < 1.29 is 27.5 Å². The predicted octanol–water partition coefficient (Wildman–Crippen LogP) is 1.28. The molecule has 0 unspecified atom stereocenters. The van der Waals surface area contributed by atoms with Crippen LogP contribution in [0.15, 0.2) is 24.3 Å².